The quantitative estimate of drug-likeness (QED) is 0.804. The van der Waals surface area contributed by atoms with Gasteiger partial charge in [0.05, 0.1) is 23.5 Å². The molecule has 0 radical (unpaired) electrons. The van der Waals surface area contributed by atoms with Crippen LogP contribution in [0.5, 0.6) is 0 Å². The lowest BCUT2D eigenvalue weighted by Gasteiger charge is -2.38. The first kappa shape index (κ1) is 11.5. The van der Waals surface area contributed by atoms with Crippen molar-refractivity contribution in [2.45, 2.75) is 50.9 Å². The summed E-state index contributed by atoms with van der Waals surface area (Å²) < 4.78 is 7.28. The molecule has 1 aromatic heterocycles. The predicted molar refractivity (Wildman–Crippen MR) is 58.9 cm³/mol. The molecular formula is C11H19N3O2. The summed E-state index contributed by atoms with van der Waals surface area (Å²) in [4.78, 5) is 0. The van der Waals surface area contributed by atoms with Crippen LogP contribution in [-0.2, 0) is 18.2 Å². The summed E-state index contributed by atoms with van der Waals surface area (Å²) in [7, 11) is 1.83. The third kappa shape index (κ3) is 2.59. The van der Waals surface area contributed by atoms with Gasteiger partial charge in [0.1, 0.15) is 0 Å². The van der Waals surface area contributed by atoms with Gasteiger partial charge in [0.2, 0.25) is 0 Å². The van der Waals surface area contributed by atoms with Gasteiger partial charge in [-0.1, -0.05) is 5.21 Å². The van der Waals surface area contributed by atoms with Crippen LogP contribution in [0.2, 0.25) is 0 Å². The Hall–Kier alpha value is -0.940. The van der Waals surface area contributed by atoms with Crippen molar-refractivity contribution < 1.29 is 9.84 Å². The summed E-state index contributed by atoms with van der Waals surface area (Å²) in [6.07, 6.45) is 3.93. The van der Waals surface area contributed by atoms with Crippen molar-refractivity contribution in [1.82, 2.24) is 15.0 Å². The van der Waals surface area contributed by atoms with E-state index in [4.69, 9.17) is 4.74 Å². The van der Waals surface area contributed by atoms with Crippen LogP contribution in [-0.4, -0.2) is 37.9 Å². The third-order valence-electron chi connectivity index (χ3n) is 2.96. The van der Waals surface area contributed by atoms with E-state index < -0.39 is 5.60 Å². The molecule has 0 aromatic carbocycles. The molecule has 90 valence electrons. The van der Waals surface area contributed by atoms with Gasteiger partial charge in [-0.2, -0.15) is 0 Å². The number of ether oxygens (including phenoxy) is 1. The largest absolute Gasteiger partial charge is 0.389 e. The first-order chi connectivity index (χ1) is 7.47. The fourth-order valence-corrected chi connectivity index (χ4v) is 2.60. The maximum absolute atomic E-state index is 10.5. The number of aromatic nitrogens is 3. The zero-order valence-electron chi connectivity index (χ0n) is 10.1. The molecular weight excluding hydrogens is 206 g/mol. The van der Waals surface area contributed by atoms with Crippen molar-refractivity contribution in [3.63, 3.8) is 0 Å². The average molecular weight is 225 g/mol. The summed E-state index contributed by atoms with van der Waals surface area (Å²) in [6.45, 7) is 3.99. The lowest BCUT2D eigenvalue weighted by molar-refractivity contribution is -0.131. The highest BCUT2D eigenvalue weighted by molar-refractivity contribution is 5.01. The van der Waals surface area contributed by atoms with E-state index in [1.807, 2.05) is 27.1 Å². The normalized spacial score (nSPS) is 35.2. The molecule has 2 rings (SSSR count). The Morgan fingerprint density at radius 3 is 2.62 bits per heavy atom. The molecule has 2 heterocycles. The Balaban J connectivity index is 2.07. The summed E-state index contributed by atoms with van der Waals surface area (Å²) >= 11 is 0. The smallest absolute Gasteiger partial charge is 0.0855 e. The first-order valence-electron chi connectivity index (χ1n) is 5.70. The monoisotopic (exact) mass is 225 g/mol. The van der Waals surface area contributed by atoms with Crippen molar-refractivity contribution in [2.75, 3.05) is 0 Å². The maximum atomic E-state index is 10.5. The second-order valence-electron chi connectivity index (χ2n) is 4.95. The van der Waals surface area contributed by atoms with E-state index in [0.29, 0.717) is 19.3 Å². The molecule has 2 unspecified atom stereocenters. The lowest BCUT2D eigenvalue weighted by atomic mass is 9.84. The highest BCUT2D eigenvalue weighted by atomic mass is 16.5. The number of aryl methyl sites for hydroxylation is 1. The molecule has 16 heavy (non-hydrogen) atoms. The van der Waals surface area contributed by atoms with Crippen LogP contribution in [0.15, 0.2) is 6.20 Å². The second-order valence-corrected chi connectivity index (χ2v) is 4.95. The van der Waals surface area contributed by atoms with Crippen LogP contribution in [0.1, 0.15) is 32.4 Å². The van der Waals surface area contributed by atoms with Gasteiger partial charge in [0.15, 0.2) is 0 Å². The van der Waals surface area contributed by atoms with E-state index in [2.05, 4.69) is 10.3 Å². The van der Waals surface area contributed by atoms with Crippen LogP contribution >= 0.6 is 0 Å². The van der Waals surface area contributed by atoms with E-state index in [9.17, 15) is 5.11 Å². The summed E-state index contributed by atoms with van der Waals surface area (Å²) in [5.41, 5.74) is 0.138. The van der Waals surface area contributed by atoms with Crippen molar-refractivity contribution >= 4 is 0 Å². The van der Waals surface area contributed by atoms with Crippen molar-refractivity contribution in [3.05, 3.63) is 11.9 Å². The first-order valence-corrected chi connectivity index (χ1v) is 5.70. The average Bonchev–Trinajstić information content (AvgIpc) is 2.47. The van der Waals surface area contributed by atoms with E-state index in [0.717, 1.165) is 5.69 Å². The molecule has 1 N–H and O–H groups in total. The van der Waals surface area contributed by atoms with Gasteiger partial charge >= 0.3 is 0 Å². The molecule has 0 bridgehead atoms. The Morgan fingerprint density at radius 2 is 2.12 bits per heavy atom. The molecule has 1 aliphatic rings. The topological polar surface area (TPSA) is 60.2 Å². The van der Waals surface area contributed by atoms with Crippen molar-refractivity contribution in [1.29, 1.82) is 0 Å². The van der Waals surface area contributed by atoms with Crippen molar-refractivity contribution in [2.24, 2.45) is 7.05 Å². The number of rotatable bonds is 2. The lowest BCUT2D eigenvalue weighted by Crippen LogP contribution is -2.44. The van der Waals surface area contributed by atoms with Gasteiger partial charge in [-0.3, -0.25) is 4.68 Å². The van der Waals surface area contributed by atoms with Gasteiger partial charge in [0.25, 0.3) is 0 Å². The highest BCUT2D eigenvalue weighted by Crippen LogP contribution is 2.31. The Kier molecular flexibility index (Phi) is 2.99. The minimum Gasteiger partial charge on any atom is -0.389 e. The molecule has 1 aliphatic heterocycles. The minimum absolute atomic E-state index is 0.102. The maximum Gasteiger partial charge on any atom is 0.0855 e. The van der Waals surface area contributed by atoms with E-state index in [1.165, 1.54) is 0 Å². The number of aliphatic hydroxyl groups is 1. The Morgan fingerprint density at radius 1 is 1.50 bits per heavy atom. The standard InChI is InChI=1S/C11H19N3O2/c1-8-4-11(15,5-9(2)16-8)6-10-7-14(3)13-12-10/h7-9,15H,4-6H2,1-3H3. The molecule has 0 aliphatic carbocycles. The van der Waals surface area contributed by atoms with Crippen LogP contribution in [0.25, 0.3) is 0 Å². The number of hydrogen-bond donors (Lipinski definition) is 1. The van der Waals surface area contributed by atoms with Gasteiger partial charge < -0.3 is 9.84 Å². The molecule has 2 atom stereocenters. The SMILES string of the molecule is CC1CC(O)(Cc2cn(C)nn2)CC(C)O1. The molecule has 0 saturated carbocycles. The number of hydrogen-bond acceptors (Lipinski definition) is 4. The Labute approximate surface area is 95.4 Å². The molecule has 5 nitrogen and oxygen atoms in total. The van der Waals surface area contributed by atoms with E-state index in [-0.39, 0.29) is 12.2 Å². The predicted octanol–water partition coefficient (Wildman–Crippen LogP) is 0.676. The summed E-state index contributed by atoms with van der Waals surface area (Å²) in [6, 6.07) is 0. The second kappa shape index (κ2) is 4.14. The molecule has 1 fully saturated rings. The third-order valence-corrected chi connectivity index (χ3v) is 2.96. The molecule has 1 saturated heterocycles. The van der Waals surface area contributed by atoms with Gasteiger partial charge in [0, 0.05) is 32.5 Å². The molecule has 0 spiro atoms. The van der Waals surface area contributed by atoms with Crippen LogP contribution in [0.4, 0.5) is 0 Å². The van der Waals surface area contributed by atoms with Crippen LogP contribution in [0, 0.1) is 0 Å². The summed E-state index contributed by atoms with van der Waals surface area (Å²) in [5.74, 6) is 0. The molecule has 1 aromatic rings. The van der Waals surface area contributed by atoms with Crippen LogP contribution in [0.3, 0.4) is 0 Å². The fraction of sp³-hybridized carbons (Fsp3) is 0.818. The summed E-state index contributed by atoms with van der Waals surface area (Å²) in [5, 5.41) is 18.4. The highest BCUT2D eigenvalue weighted by Gasteiger charge is 2.37. The van der Waals surface area contributed by atoms with E-state index >= 15 is 0 Å². The van der Waals surface area contributed by atoms with Gasteiger partial charge in [-0.25, -0.2) is 0 Å². The minimum atomic E-state index is -0.701. The molecule has 5 heteroatoms. The number of nitrogens with zero attached hydrogens (tertiary/aromatic N) is 3. The van der Waals surface area contributed by atoms with E-state index in [1.54, 1.807) is 4.68 Å². The van der Waals surface area contributed by atoms with Crippen LogP contribution < -0.4 is 0 Å². The fourth-order valence-electron chi connectivity index (χ4n) is 2.60. The Bertz CT molecular complexity index is 354. The zero-order chi connectivity index (χ0) is 11.8. The zero-order valence-corrected chi connectivity index (χ0v) is 10.1. The van der Waals surface area contributed by atoms with Crippen molar-refractivity contribution in [3.8, 4) is 0 Å². The van der Waals surface area contributed by atoms with Gasteiger partial charge in [-0.15, -0.1) is 5.10 Å². The van der Waals surface area contributed by atoms with Gasteiger partial charge in [-0.05, 0) is 13.8 Å². The molecule has 0 amide bonds.